The molecule has 1 N–H and O–H groups in total. The molecule has 0 saturated heterocycles. The fourth-order valence-electron chi connectivity index (χ4n) is 1.85. The van der Waals surface area contributed by atoms with Gasteiger partial charge in [0.1, 0.15) is 11.9 Å². The fourth-order valence-corrected chi connectivity index (χ4v) is 2.42. The van der Waals surface area contributed by atoms with Crippen LogP contribution in [0, 0.1) is 3.57 Å². The highest BCUT2D eigenvalue weighted by atomic mass is 127. The molecule has 2 rings (SSSR count). The van der Waals surface area contributed by atoms with Gasteiger partial charge in [-0.05, 0) is 53.3 Å². The van der Waals surface area contributed by atoms with E-state index in [1.165, 1.54) is 0 Å². The molecule has 3 heteroatoms. The molecule has 0 heterocycles. The molecule has 0 amide bonds. The van der Waals surface area contributed by atoms with Crippen molar-refractivity contribution in [2.45, 2.75) is 13.0 Å². The molecule has 0 aliphatic heterocycles. The third-order valence-corrected chi connectivity index (χ3v) is 3.35. The number of benzene rings is 2. The van der Waals surface area contributed by atoms with Crippen LogP contribution in [-0.2, 0) is 0 Å². The second kappa shape index (κ2) is 6.20. The lowest BCUT2D eigenvalue weighted by Crippen LogP contribution is -2.04. The molecule has 2 aromatic rings. The van der Waals surface area contributed by atoms with E-state index in [9.17, 15) is 5.11 Å². The predicted octanol–water partition coefficient (Wildman–Crippen LogP) is 3.77. The fraction of sp³-hybridized carbons (Fsp3) is 0.200. The first-order chi connectivity index (χ1) is 8.72. The summed E-state index contributed by atoms with van der Waals surface area (Å²) in [6.45, 7) is 2.53. The Kier molecular flexibility index (Phi) is 4.60. The maximum absolute atomic E-state index is 10.4. The highest BCUT2D eigenvalue weighted by Gasteiger charge is 2.15. The summed E-state index contributed by atoms with van der Waals surface area (Å²) in [5.74, 6) is 0.742. The van der Waals surface area contributed by atoms with Gasteiger partial charge in [-0.3, -0.25) is 0 Å². The lowest BCUT2D eigenvalue weighted by atomic mass is 10.0. The van der Waals surface area contributed by atoms with Crippen LogP contribution < -0.4 is 4.74 Å². The molecular weight excluding hydrogens is 339 g/mol. The SMILES string of the molecule is CCOc1ccccc1C(O)c1cccc(I)c1. The van der Waals surface area contributed by atoms with Gasteiger partial charge in [-0.15, -0.1) is 0 Å². The molecule has 0 bridgehead atoms. The largest absolute Gasteiger partial charge is 0.493 e. The summed E-state index contributed by atoms with van der Waals surface area (Å²) in [5.41, 5.74) is 1.69. The molecule has 2 aromatic carbocycles. The number of halogens is 1. The quantitative estimate of drug-likeness (QED) is 0.847. The highest BCUT2D eigenvalue weighted by molar-refractivity contribution is 14.1. The summed E-state index contributed by atoms with van der Waals surface area (Å²) in [4.78, 5) is 0. The molecule has 94 valence electrons. The van der Waals surface area contributed by atoms with Gasteiger partial charge in [-0.2, -0.15) is 0 Å². The Morgan fingerprint density at radius 1 is 1.17 bits per heavy atom. The zero-order chi connectivity index (χ0) is 13.0. The van der Waals surface area contributed by atoms with Crippen molar-refractivity contribution in [2.75, 3.05) is 6.61 Å². The molecule has 0 aliphatic carbocycles. The first-order valence-corrected chi connectivity index (χ1v) is 6.95. The lowest BCUT2D eigenvalue weighted by molar-refractivity contribution is 0.212. The summed E-state index contributed by atoms with van der Waals surface area (Å²) in [6, 6.07) is 15.5. The normalized spacial score (nSPS) is 12.2. The Labute approximate surface area is 121 Å². The van der Waals surface area contributed by atoms with E-state index in [2.05, 4.69) is 22.6 Å². The third-order valence-electron chi connectivity index (χ3n) is 2.68. The number of aliphatic hydroxyl groups excluding tert-OH is 1. The van der Waals surface area contributed by atoms with E-state index in [1.54, 1.807) is 0 Å². The van der Waals surface area contributed by atoms with Gasteiger partial charge in [0.15, 0.2) is 0 Å². The van der Waals surface area contributed by atoms with Crippen molar-refractivity contribution in [3.63, 3.8) is 0 Å². The average molecular weight is 354 g/mol. The summed E-state index contributed by atoms with van der Waals surface area (Å²) in [7, 11) is 0. The lowest BCUT2D eigenvalue weighted by Gasteiger charge is -2.16. The second-order valence-corrected chi connectivity index (χ2v) is 5.17. The Bertz CT molecular complexity index is 525. The van der Waals surface area contributed by atoms with Crippen LogP contribution in [0.1, 0.15) is 24.2 Å². The van der Waals surface area contributed by atoms with E-state index in [0.29, 0.717) is 6.61 Å². The first-order valence-electron chi connectivity index (χ1n) is 5.87. The molecule has 0 radical (unpaired) electrons. The molecular formula is C15H15IO2. The number of para-hydroxylation sites is 1. The Hall–Kier alpha value is -1.07. The highest BCUT2D eigenvalue weighted by Crippen LogP contribution is 2.30. The molecule has 0 aliphatic rings. The van der Waals surface area contributed by atoms with E-state index in [4.69, 9.17) is 4.74 Å². The van der Waals surface area contributed by atoms with Gasteiger partial charge in [0.25, 0.3) is 0 Å². The molecule has 0 spiro atoms. The van der Waals surface area contributed by atoms with E-state index in [-0.39, 0.29) is 0 Å². The van der Waals surface area contributed by atoms with Crippen molar-refractivity contribution in [3.8, 4) is 5.75 Å². The Morgan fingerprint density at radius 3 is 2.67 bits per heavy atom. The van der Waals surface area contributed by atoms with Crippen LogP contribution >= 0.6 is 22.6 Å². The van der Waals surface area contributed by atoms with Crippen molar-refractivity contribution in [3.05, 3.63) is 63.2 Å². The van der Waals surface area contributed by atoms with Crippen LogP contribution in [0.4, 0.5) is 0 Å². The van der Waals surface area contributed by atoms with Gasteiger partial charge < -0.3 is 9.84 Å². The van der Waals surface area contributed by atoms with Crippen LogP contribution in [0.3, 0.4) is 0 Å². The molecule has 0 saturated carbocycles. The topological polar surface area (TPSA) is 29.5 Å². The maximum Gasteiger partial charge on any atom is 0.125 e. The monoisotopic (exact) mass is 354 g/mol. The van der Waals surface area contributed by atoms with E-state index in [0.717, 1.165) is 20.4 Å². The van der Waals surface area contributed by atoms with Crippen LogP contribution in [0.15, 0.2) is 48.5 Å². The third kappa shape index (κ3) is 3.03. The van der Waals surface area contributed by atoms with Crippen molar-refractivity contribution in [1.29, 1.82) is 0 Å². The summed E-state index contributed by atoms with van der Waals surface area (Å²) in [5, 5.41) is 10.4. The molecule has 2 nitrogen and oxygen atoms in total. The van der Waals surface area contributed by atoms with Crippen molar-refractivity contribution >= 4 is 22.6 Å². The average Bonchev–Trinajstić information content (AvgIpc) is 2.39. The van der Waals surface area contributed by atoms with Crippen LogP contribution in [0.2, 0.25) is 0 Å². The number of hydrogen-bond acceptors (Lipinski definition) is 2. The number of aliphatic hydroxyl groups is 1. The zero-order valence-electron chi connectivity index (χ0n) is 10.1. The van der Waals surface area contributed by atoms with Gasteiger partial charge in [0, 0.05) is 9.13 Å². The maximum atomic E-state index is 10.4. The Morgan fingerprint density at radius 2 is 1.94 bits per heavy atom. The van der Waals surface area contributed by atoms with E-state index in [1.807, 2.05) is 55.5 Å². The van der Waals surface area contributed by atoms with Gasteiger partial charge in [0.05, 0.1) is 6.61 Å². The minimum atomic E-state index is -0.650. The predicted molar refractivity (Wildman–Crippen MR) is 80.8 cm³/mol. The zero-order valence-corrected chi connectivity index (χ0v) is 12.3. The molecule has 1 unspecified atom stereocenters. The van der Waals surface area contributed by atoms with Crippen molar-refractivity contribution < 1.29 is 9.84 Å². The van der Waals surface area contributed by atoms with Crippen molar-refractivity contribution in [1.82, 2.24) is 0 Å². The number of ether oxygens (including phenoxy) is 1. The molecule has 1 atom stereocenters. The molecule has 18 heavy (non-hydrogen) atoms. The van der Waals surface area contributed by atoms with Crippen LogP contribution in [0.5, 0.6) is 5.75 Å². The van der Waals surface area contributed by atoms with E-state index < -0.39 is 6.10 Å². The summed E-state index contributed by atoms with van der Waals surface area (Å²) in [6.07, 6.45) is -0.650. The Balaban J connectivity index is 2.36. The van der Waals surface area contributed by atoms with Crippen molar-refractivity contribution in [2.24, 2.45) is 0 Å². The smallest absolute Gasteiger partial charge is 0.125 e. The minimum Gasteiger partial charge on any atom is -0.493 e. The minimum absolute atomic E-state index is 0.593. The summed E-state index contributed by atoms with van der Waals surface area (Å²) < 4.78 is 6.66. The van der Waals surface area contributed by atoms with Crippen LogP contribution in [-0.4, -0.2) is 11.7 Å². The number of hydrogen-bond donors (Lipinski definition) is 1. The summed E-state index contributed by atoms with van der Waals surface area (Å²) >= 11 is 2.24. The first kappa shape index (κ1) is 13.4. The standard InChI is InChI=1S/C15H15IO2/c1-2-18-14-9-4-3-8-13(14)15(17)11-6-5-7-12(16)10-11/h3-10,15,17H,2H2,1H3. The van der Waals surface area contributed by atoms with Crippen LogP contribution in [0.25, 0.3) is 0 Å². The molecule has 0 fully saturated rings. The number of rotatable bonds is 4. The van der Waals surface area contributed by atoms with E-state index >= 15 is 0 Å². The van der Waals surface area contributed by atoms with Gasteiger partial charge >= 0.3 is 0 Å². The van der Waals surface area contributed by atoms with Gasteiger partial charge in [-0.25, -0.2) is 0 Å². The molecule has 0 aromatic heterocycles. The van der Waals surface area contributed by atoms with Gasteiger partial charge in [-0.1, -0.05) is 30.3 Å². The van der Waals surface area contributed by atoms with Gasteiger partial charge in [0.2, 0.25) is 0 Å². The second-order valence-electron chi connectivity index (χ2n) is 3.93.